The Bertz CT molecular complexity index is 1260. The molecule has 0 aliphatic rings. The van der Waals surface area contributed by atoms with Gasteiger partial charge in [0.05, 0.1) is 24.3 Å². The molecule has 0 aliphatic heterocycles. The zero-order valence-electron chi connectivity index (χ0n) is 28.2. The van der Waals surface area contributed by atoms with Crippen molar-refractivity contribution in [2.24, 2.45) is 0 Å². The maximum atomic E-state index is 13.3. The van der Waals surface area contributed by atoms with E-state index in [4.69, 9.17) is 28.7 Å². The monoisotopic (exact) mass is 670 g/mol. The number of ether oxygens (including phenoxy) is 4. The van der Waals surface area contributed by atoms with Crippen molar-refractivity contribution in [1.82, 2.24) is 0 Å². The van der Waals surface area contributed by atoms with Crippen LogP contribution >= 0.6 is 0 Å². The average molecular weight is 671 g/mol. The second-order valence-corrected chi connectivity index (χ2v) is 10.9. The van der Waals surface area contributed by atoms with E-state index in [-0.39, 0.29) is 48.3 Å². The van der Waals surface area contributed by atoms with Crippen molar-refractivity contribution in [3.05, 3.63) is 70.8 Å². The molecule has 0 amide bonds. The highest BCUT2D eigenvalue weighted by Gasteiger charge is 2.27. The maximum Gasteiger partial charge on any atom is 0.508 e. The van der Waals surface area contributed by atoms with Crippen LogP contribution in [0.2, 0.25) is 0 Å². The molecular weight excluding hydrogens is 624 g/mol. The summed E-state index contributed by atoms with van der Waals surface area (Å²) in [5, 5.41) is 0. The van der Waals surface area contributed by atoms with Crippen molar-refractivity contribution >= 4 is 35.8 Å². The molecule has 0 heterocycles. The minimum absolute atomic E-state index is 0.0831. The lowest BCUT2D eigenvalue weighted by molar-refractivity contribution is -0.187. The normalized spacial score (nSPS) is 11.8. The molecule has 0 N–H and O–H groups in total. The van der Waals surface area contributed by atoms with Gasteiger partial charge < -0.3 is 18.9 Å². The Morgan fingerprint density at radius 1 is 0.521 bits per heavy atom. The van der Waals surface area contributed by atoms with Crippen LogP contribution in [0.1, 0.15) is 133 Å². The van der Waals surface area contributed by atoms with Crippen molar-refractivity contribution in [2.45, 2.75) is 104 Å². The Morgan fingerprint density at radius 2 is 0.896 bits per heavy atom. The van der Waals surface area contributed by atoms with Crippen LogP contribution in [0.4, 0.5) is 9.59 Å². The highest BCUT2D eigenvalue weighted by molar-refractivity contribution is 6.03. The molecule has 0 saturated carbocycles. The van der Waals surface area contributed by atoms with E-state index < -0.39 is 48.0 Å². The van der Waals surface area contributed by atoms with Gasteiger partial charge in [0.15, 0.2) is 12.2 Å². The van der Waals surface area contributed by atoms with E-state index in [2.05, 4.69) is 13.8 Å². The van der Waals surface area contributed by atoms with E-state index in [1.54, 1.807) is 13.8 Å². The third-order valence-corrected chi connectivity index (χ3v) is 7.18. The van der Waals surface area contributed by atoms with Crippen LogP contribution in [0.5, 0.6) is 0 Å². The summed E-state index contributed by atoms with van der Waals surface area (Å²) in [5.74, 6) is -3.18. The minimum atomic E-state index is -1.11. The molecular formula is C36H46O12. The fraction of sp³-hybridized carbons (Fsp3) is 0.500. The number of Topliss-reactive ketones (excluding diaryl/α,β-unsaturated/α-hetero) is 2. The fourth-order valence-corrected chi connectivity index (χ4v) is 4.68. The van der Waals surface area contributed by atoms with Crippen LogP contribution in [0, 0.1) is 0 Å². The first kappa shape index (κ1) is 39.4. The smallest absolute Gasteiger partial charge is 0.435 e. The number of hydrogen-bond donors (Lipinski definition) is 0. The number of hydrogen-bond acceptors (Lipinski definition) is 12. The summed E-state index contributed by atoms with van der Waals surface area (Å²) in [4.78, 5) is 85.5. The van der Waals surface area contributed by atoms with Crippen LogP contribution in [0.25, 0.3) is 0 Å². The summed E-state index contributed by atoms with van der Waals surface area (Å²) >= 11 is 0. The van der Waals surface area contributed by atoms with Crippen molar-refractivity contribution < 1.29 is 57.5 Å². The van der Waals surface area contributed by atoms with E-state index >= 15 is 0 Å². The molecule has 0 spiro atoms. The summed E-state index contributed by atoms with van der Waals surface area (Å²) in [6, 6.07) is 11.0. The molecule has 2 aromatic rings. The highest BCUT2D eigenvalue weighted by Crippen LogP contribution is 2.19. The molecule has 2 unspecified atom stereocenters. The van der Waals surface area contributed by atoms with Gasteiger partial charge in [-0.15, -0.1) is 0 Å². The molecule has 0 bridgehead atoms. The lowest BCUT2D eigenvalue weighted by Crippen LogP contribution is -2.28. The molecule has 0 radical (unpaired) electrons. The molecule has 2 atom stereocenters. The number of ketones is 2. The minimum Gasteiger partial charge on any atom is -0.435 e. The van der Waals surface area contributed by atoms with Gasteiger partial charge in [0.25, 0.3) is 0 Å². The summed E-state index contributed by atoms with van der Waals surface area (Å²) in [5.41, 5.74) is -0.0249. The van der Waals surface area contributed by atoms with Crippen LogP contribution in [0.3, 0.4) is 0 Å². The Hall–Kier alpha value is -4.74. The van der Waals surface area contributed by atoms with E-state index in [1.165, 1.54) is 48.5 Å². The molecule has 12 heteroatoms. The first-order chi connectivity index (χ1) is 23.1. The second kappa shape index (κ2) is 21.9. The van der Waals surface area contributed by atoms with E-state index in [1.807, 2.05) is 0 Å². The molecule has 2 rings (SSSR count). The fourth-order valence-electron chi connectivity index (χ4n) is 4.68. The highest BCUT2D eigenvalue weighted by atomic mass is 17.2. The van der Waals surface area contributed by atoms with Gasteiger partial charge in [-0.3, -0.25) is 9.59 Å². The molecule has 2 aromatic carbocycles. The number of rotatable bonds is 20. The van der Waals surface area contributed by atoms with E-state index in [0.29, 0.717) is 12.8 Å². The van der Waals surface area contributed by atoms with Crippen molar-refractivity contribution in [3.8, 4) is 0 Å². The number of carbonyl (C=O) groups is 6. The molecule has 48 heavy (non-hydrogen) atoms. The van der Waals surface area contributed by atoms with Crippen molar-refractivity contribution in [3.63, 3.8) is 0 Å². The zero-order valence-corrected chi connectivity index (χ0v) is 28.2. The predicted molar refractivity (Wildman–Crippen MR) is 174 cm³/mol. The lowest BCUT2D eigenvalue weighted by atomic mass is 9.99. The Labute approximate surface area is 281 Å². The van der Waals surface area contributed by atoms with Gasteiger partial charge >= 0.3 is 24.2 Å². The largest absolute Gasteiger partial charge is 0.508 e. The standard InChI is InChI=1S/C36H46O12/c1-5-9-11-13-21-29(45-35(41)43-7-3)31(37)25-17-15-19-27(23-25)33(39)47-48-34(40)28-20-16-18-26(24-28)32(38)30(22-14-12-10-6-2)46-36(42)44-8-4/h15-20,23-24,29-30H,5-14,21-22H2,1-4H3. The first-order valence-electron chi connectivity index (χ1n) is 16.5. The number of unbranched alkanes of at least 4 members (excludes halogenated alkanes) is 6. The molecule has 0 aromatic heterocycles. The number of carbonyl (C=O) groups excluding carboxylic acids is 6. The van der Waals surface area contributed by atoms with Gasteiger partial charge in [0.2, 0.25) is 11.6 Å². The third kappa shape index (κ3) is 13.5. The van der Waals surface area contributed by atoms with E-state index in [9.17, 15) is 28.8 Å². The second-order valence-electron chi connectivity index (χ2n) is 10.9. The van der Waals surface area contributed by atoms with Crippen molar-refractivity contribution in [2.75, 3.05) is 13.2 Å². The van der Waals surface area contributed by atoms with Gasteiger partial charge in [0, 0.05) is 11.1 Å². The van der Waals surface area contributed by atoms with Crippen LogP contribution < -0.4 is 0 Å². The van der Waals surface area contributed by atoms with Crippen molar-refractivity contribution in [1.29, 1.82) is 0 Å². The summed E-state index contributed by atoms with van der Waals surface area (Å²) in [6.45, 7) is 7.50. The maximum absolute atomic E-state index is 13.3. The van der Waals surface area contributed by atoms with E-state index in [0.717, 1.165) is 38.5 Å². The summed E-state index contributed by atoms with van der Waals surface area (Å²) in [6.07, 6.45) is 3.29. The Morgan fingerprint density at radius 3 is 1.25 bits per heavy atom. The van der Waals surface area contributed by atoms with Gasteiger partial charge in [-0.1, -0.05) is 76.6 Å². The van der Waals surface area contributed by atoms with Crippen LogP contribution in [-0.4, -0.2) is 61.2 Å². The lowest BCUT2D eigenvalue weighted by Gasteiger charge is -2.17. The Kier molecular flexibility index (Phi) is 18.0. The molecule has 12 nitrogen and oxygen atoms in total. The average Bonchev–Trinajstić information content (AvgIpc) is 3.09. The SMILES string of the molecule is CCCCCCC(OC(=O)OCC)C(=O)c1cccc(C(=O)OOC(=O)c2cccc(C(=O)C(CCCCCC)OC(=O)OCC)c2)c1. The summed E-state index contributed by atoms with van der Waals surface area (Å²) in [7, 11) is 0. The van der Waals surface area contributed by atoms with Gasteiger partial charge in [-0.2, -0.15) is 0 Å². The quantitative estimate of drug-likeness (QED) is 0.0440. The van der Waals surface area contributed by atoms with Gasteiger partial charge in [-0.25, -0.2) is 29.0 Å². The van der Waals surface area contributed by atoms with Gasteiger partial charge in [0.1, 0.15) is 0 Å². The Balaban J connectivity index is 2.11. The third-order valence-electron chi connectivity index (χ3n) is 7.18. The molecule has 262 valence electrons. The first-order valence-corrected chi connectivity index (χ1v) is 16.5. The molecule has 0 fully saturated rings. The van der Waals surface area contributed by atoms with Crippen LogP contribution in [0.15, 0.2) is 48.5 Å². The predicted octanol–water partition coefficient (Wildman–Crippen LogP) is 8.01. The summed E-state index contributed by atoms with van der Waals surface area (Å²) < 4.78 is 20.2. The van der Waals surface area contributed by atoms with Crippen LogP contribution in [-0.2, 0) is 28.7 Å². The number of benzene rings is 2. The zero-order chi connectivity index (χ0) is 35.3. The molecule has 0 aliphatic carbocycles. The van der Waals surface area contributed by atoms with Gasteiger partial charge in [-0.05, 0) is 63.8 Å². The molecule has 0 saturated heterocycles. The topological polar surface area (TPSA) is 158 Å².